The lowest BCUT2D eigenvalue weighted by Crippen LogP contribution is -1.90. The van der Waals surface area contributed by atoms with Crippen molar-refractivity contribution in [3.8, 4) is 5.75 Å². The largest absolute Gasteiger partial charge is 0.494 e. The first kappa shape index (κ1) is 14.2. The van der Waals surface area contributed by atoms with Crippen molar-refractivity contribution in [2.75, 3.05) is 7.11 Å². The quantitative estimate of drug-likeness (QED) is 0.710. The summed E-state index contributed by atoms with van der Waals surface area (Å²) in [5.74, 6) is 0.517. The molecule has 0 aliphatic heterocycles. The first-order valence-electron chi connectivity index (χ1n) is 6.26. The lowest BCUT2D eigenvalue weighted by molar-refractivity contribution is 0.386. The molecule has 0 unspecified atom stereocenters. The zero-order valence-corrected chi connectivity index (χ0v) is 12.8. The number of methoxy groups -OCH3 is 1. The number of rotatable bonds is 4. The molecule has 0 aliphatic carbocycles. The Hall–Kier alpha value is -1.72. The van der Waals surface area contributed by atoms with Crippen molar-refractivity contribution in [2.24, 2.45) is 0 Å². The van der Waals surface area contributed by atoms with E-state index in [0.717, 1.165) is 21.8 Å². The van der Waals surface area contributed by atoms with Crippen LogP contribution in [-0.2, 0) is 5.75 Å². The highest BCUT2D eigenvalue weighted by Crippen LogP contribution is 2.26. The molecule has 21 heavy (non-hydrogen) atoms. The number of nitrogens with one attached hydrogen (secondary N) is 1. The van der Waals surface area contributed by atoms with Crippen LogP contribution in [0.15, 0.2) is 41.6 Å². The molecule has 0 saturated carbocycles. The summed E-state index contributed by atoms with van der Waals surface area (Å²) in [7, 11) is 1.45. The number of ether oxygens (including phenoxy) is 1. The molecule has 0 bridgehead atoms. The Morgan fingerprint density at radius 1 is 1.29 bits per heavy atom. The normalized spacial score (nSPS) is 11.0. The molecule has 1 N–H and O–H groups in total. The number of nitrogens with zero attached hydrogens (tertiary/aromatic N) is 1. The van der Waals surface area contributed by atoms with Gasteiger partial charge in [-0.15, -0.1) is 0 Å². The third kappa shape index (κ3) is 3.14. The number of aromatic amines is 1. The van der Waals surface area contributed by atoms with Gasteiger partial charge in [0.15, 0.2) is 16.7 Å². The average Bonchev–Trinajstić information content (AvgIpc) is 2.87. The van der Waals surface area contributed by atoms with E-state index in [1.54, 1.807) is 12.1 Å². The molecule has 0 fully saturated rings. The Labute approximate surface area is 130 Å². The smallest absolute Gasteiger partial charge is 0.166 e. The number of fused-ring (bicyclic) bond motifs is 1. The van der Waals surface area contributed by atoms with Crippen molar-refractivity contribution >= 4 is 34.4 Å². The molecule has 0 amide bonds. The fourth-order valence-electron chi connectivity index (χ4n) is 1.98. The highest BCUT2D eigenvalue weighted by Gasteiger charge is 2.07. The van der Waals surface area contributed by atoms with Crippen molar-refractivity contribution < 1.29 is 9.13 Å². The van der Waals surface area contributed by atoms with Crippen LogP contribution >= 0.6 is 23.4 Å². The first-order chi connectivity index (χ1) is 10.2. The van der Waals surface area contributed by atoms with E-state index in [9.17, 15) is 4.39 Å². The van der Waals surface area contributed by atoms with Gasteiger partial charge in [-0.25, -0.2) is 9.37 Å². The van der Waals surface area contributed by atoms with Crippen LogP contribution < -0.4 is 4.74 Å². The van der Waals surface area contributed by atoms with Crippen LogP contribution in [0.2, 0.25) is 5.02 Å². The summed E-state index contributed by atoms with van der Waals surface area (Å²) in [6.07, 6.45) is 0. The van der Waals surface area contributed by atoms with E-state index in [1.807, 2.05) is 18.2 Å². The van der Waals surface area contributed by atoms with Gasteiger partial charge < -0.3 is 9.72 Å². The van der Waals surface area contributed by atoms with Crippen LogP contribution in [0.5, 0.6) is 5.75 Å². The summed E-state index contributed by atoms with van der Waals surface area (Å²) in [5.41, 5.74) is 2.63. The van der Waals surface area contributed by atoms with Gasteiger partial charge >= 0.3 is 0 Å². The van der Waals surface area contributed by atoms with Gasteiger partial charge in [0, 0.05) is 10.8 Å². The van der Waals surface area contributed by atoms with Gasteiger partial charge in [-0.2, -0.15) is 0 Å². The summed E-state index contributed by atoms with van der Waals surface area (Å²) in [4.78, 5) is 7.65. The Morgan fingerprint density at radius 3 is 2.90 bits per heavy atom. The molecule has 2 aromatic carbocycles. The van der Waals surface area contributed by atoms with Gasteiger partial charge in [0.2, 0.25) is 0 Å². The minimum Gasteiger partial charge on any atom is -0.494 e. The monoisotopic (exact) mass is 322 g/mol. The van der Waals surface area contributed by atoms with E-state index in [4.69, 9.17) is 16.3 Å². The zero-order chi connectivity index (χ0) is 14.8. The Morgan fingerprint density at radius 2 is 2.14 bits per heavy atom. The summed E-state index contributed by atoms with van der Waals surface area (Å²) < 4.78 is 18.5. The van der Waals surface area contributed by atoms with Crippen LogP contribution in [0.4, 0.5) is 4.39 Å². The second kappa shape index (κ2) is 5.95. The Bertz CT molecular complexity index is 790. The molecule has 0 saturated heterocycles. The second-order valence-corrected chi connectivity index (χ2v) is 5.86. The molecule has 3 aromatic rings. The maximum atomic E-state index is 13.6. The number of thioether (sulfide) groups is 1. The fraction of sp³-hybridized carbons (Fsp3) is 0.133. The minimum absolute atomic E-state index is 0.252. The van der Waals surface area contributed by atoms with E-state index in [0.29, 0.717) is 10.8 Å². The molecule has 108 valence electrons. The van der Waals surface area contributed by atoms with Gasteiger partial charge in [-0.05, 0) is 35.9 Å². The van der Waals surface area contributed by atoms with Crippen LogP contribution in [0.25, 0.3) is 11.0 Å². The van der Waals surface area contributed by atoms with Crippen LogP contribution in [0, 0.1) is 5.82 Å². The summed E-state index contributed by atoms with van der Waals surface area (Å²) in [6, 6.07) is 10.5. The molecular formula is C15H12ClFN2OS. The topological polar surface area (TPSA) is 37.9 Å². The van der Waals surface area contributed by atoms with Crippen LogP contribution in [-0.4, -0.2) is 17.1 Å². The van der Waals surface area contributed by atoms with E-state index in [-0.39, 0.29) is 11.6 Å². The molecule has 3 nitrogen and oxygen atoms in total. The Balaban J connectivity index is 1.75. The lowest BCUT2D eigenvalue weighted by Gasteiger charge is -2.04. The lowest BCUT2D eigenvalue weighted by atomic mass is 10.2. The molecule has 0 atom stereocenters. The standard InChI is InChI=1S/C15H12ClFN2OS/c1-20-14-5-2-9(6-11(14)17)8-21-15-18-12-4-3-10(16)7-13(12)19-15/h2-7H,8H2,1H3,(H,18,19). The molecule has 0 aliphatic rings. The van der Waals surface area contributed by atoms with Crippen LogP contribution in [0.3, 0.4) is 0 Å². The van der Waals surface area contributed by atoms with Crippen molar-refractivity contribution in [3.63, 3.8) is 0 Å². The van der Waals surface area contributed by atoms with Crippen molar-refractivity contribution in [2.45, 2.75) is 10.9 Å². The average molecular weight is 323 g/mol. The SMILES string of the molecule is COc1ccc(CSc2nc3ccc(Cl)cc3[nH]2)cc1F. The molecule has 0 radical (unpaired) electrons. The second-order valence-electron chi connectivity index (χ2n) is 4.46. The maximum Gasteiger partial charge on any atom is 0.166 e. The van der Waals surface area contributed by atoms with Crippen molar-refractivity contribution in [1.82, 2.24) is 9.97 Å². The van der Waals surface area contributed by atoms with Crippen LogP contribution in [0.1, 0.15) is 5.56 Å². The van der Waals surface area contributed by atoms with Crippen molar-refractivity contribution in [3.05, 3.63) is 52.8 Å². The van der Waals surface area contributed by atoms with E-state index >= 15 is 0 Å². The van der Waals surface area contributed by atoms with Gasteiger partial charge in [-0.3, -0.25) is 0 Å². The highest BCUT2D eigenvalue weighted by molar-refractivity contribution is 7.98. The summed E-state index contributed by atoms with van der Waals surface area (Å²) >= 11 is 7.45. The molecule has 3 rings (SSSR count). The summed E-state index contributed by atoms with van der Waals surface area (Å²) in [5, 5.41) is 1.45. The third-order valence-corrected chi connectivity index (χ3v) is 4.19. The number of hydrogen-bond acceptors (Lipinski definition) is 3. The predicted octanol–water partition coefficient (Wildman–Crippen LogP) is 4.66. The summed E-state index contributed by atoms with van der Waals surface area (Å²) in [6.45, 7) is 0. The predicted molar refractivity (Wildman–Crippen MR) is 83.6 cm³/mol. The minimum atomic E-state index is -0.355. The number of H-pyrrole nitrogens is 1. The molecule has 6 heteroatoms. The van der Waals surface area contributed by atoms with Gasteiger partial charge in [0.1, 0.15) is 0 Å². The number of halogens is 2. The number of benzene rings is 2. The number of hydrogen-bond donors (Lipinski definition) is 1. The molecule has 0 spiro atoms. The molecular weight excluding hydrogens is 311 g/mol. The van der Waals surface area contributed by atoms with Crippen molar-refractivity contribution in [1.29, 1.82) is 0 Å². The van der Waals surface area contributed by atoms with E-state index in [2.05, 4.69) is 9.97 Å². The zero-order valence-electron chi connectivity index (χ0n) is 11.2. The van der Waals surface area contributed by atoms with Gasteiger partial charge in [-0.1, -0.05) is 29.4 Å². The number of aromatic nitrogens is 2. The van der Waals surface area contributed by atoms with Gasteiger partial charge in [0.05, 0.1) is 18.1 Å². The fourth-order valence-corrected chi connectivity index (χ4v) is 2.98. The Kier molecular flexibility index (Phi) is 4.03. The highest BCUT2D eigenvalue weighted by atomic mass is 35.5. The van der Waals surface area contributed by atoms with Gasteiger partial charge in [0.25, 0.3) is 0 Å². The molecule has 1 aromatic heterocycles. The van der Waals surface area contributed by atoms with E-state index in [1.165, 1.54) is 24.9 Å². The first-order valence-corrected chi connectivity index (χ1v) is 7.62. The third-order valence-electron chi connectivity index (χ3n) is 3.01. The maximum absolute atomic E-state index is 13.6. The molecule has 1 heterocycles. The van der Waals surface area contributed by atoms with E-state index < -0.39 is 0 Å². The number of imidazole rings is 1.